The molecule has 0 unspecified atom stereocenters. The van der Waals surface area contributed by atoms with E-state index in [1.165, 1.54) is 14.0 Å². The molecule has 1 N–H and O–H groups in total. The average Bonchev–Trinajstić information content (AvgIpc) is 3.52. The van der Waals surface area contributed by atoms with Crippen LogP contribution in [0.15, 0.2) is 120 Å². The summed E-state index contributed by atoms with van der Waals surface area (Å²) in [5.74, 6) is -1.78. The first-order chi connectivity index (χ1) is 29.3. The molecule has 2 saturated heterocycles. The predicted octanol–water partition coefficient (Wildman–Crippen LogP) is 5.12. The van der Waals surface area contributed by atoms with Gasteiger partial charge in [0.15, 0.2) is 12.6 Å². The summed E-state index contributed by atoms with van der Waals surface area (Å²) in [6.45, 7) is 0.781. The van der Waals surface area contributed by atoms with Gasteiger partial charge in [0.05, 0.1) is 43.7 Å². The van der Waals surface area contributed by atoms with E-state index in [1.807, 2.05) is 91.0 Å². The van der Waals surface area contributed by atoms with Gasteiger partial charge in [-0.2, -0.15) is 0 Å². The molecule has 0 radical (unpaired) electrons. The van der Waals surface area contributed by atoms with E-state index < -0.39 is 79.1 Å². The Hall–Kier alpha value is -5.52. The molecule has 0 aromatic heterocycles. The Kier molecular flexibility index (Phi) is 14.3. The number of methoxy groups -OCH3 is 1. The number of nitrogens with zero attached hydrogens (tertiary/aromatic N) is 4. The third kappa shape index (κ3) is 9.74. The first-order valence-electron chi connectivity index (χ1n) is 19.5. The van der Waals surface area contributed by atoms with E-state index in [0.29, 0.717) is 0 Å². The van der Waals surface area contributed by atoms with Crippen molar-refractivity contribution in [3.05, 3.63) is 154 Å². The maximum Gasteiger partial charge on any atom is 0.302 e. The number of esters is 1. The fraction of sp³-hybridized carbons (Fsp3) is 0.386. The van der Waals surface area contributed by atoms with Gasteiger partial charge in [0.25, 0.3) is 11.8 Å². The van der Waals surface area contributed by atoms with E-state index in [4.69, 9.17) is 37.9 Å². The van der Waals surface area contributed by atoms with Crippen LogP contribution in [0, 0.1) is 0 Å². The lowest BCUT2D eigenvalue weighted by molar-refractivity contribution is -0.317. The van der Waals surface area contributed by atoms with Gasteiger partial charge in [-0.25, -0.2) is 0 Å². The Balaban J connectivity index is 1.26. The fourth-order valence-electron chi connectivity index (χ4n) is 7.62. The summed E-state index contributed by atoms with van der Waals surface area (Å²) in [5.41, 5.74) is 12.1. The minimum Gasteiger partial charge on any atom is -0.463 e. The van der Waals surface area contributed by atoms with Gasteiger partial charge in [-0.15, -0.1) is 0 Å². The normalized spacial score (nSPS) is 27.6. The Bertz CT molecular complexity index is 2070. The van der Waals surface area contributed by atoms with Crippen LogP contribution in [0.25, 0.3) is 10.4 Å². The number of hydrogen-bond donors (Lipinski definition) is 1. The van der Waals surface area contributed by atoms with E-state index in [9.17, 15) is 25.0 Å². The molecule has 16 heteroatoms. The smallest absolute Gasteiger partial charge is 0.302 e. The van der Waals surface area contributed by atoms with E-state index >= 15 is 0 Å². The molecule has 314 valence electrons. The van der Waals surface area contributed by atoms with Crippen molar-refractivity contribution < 1.29 is 57.4 Å². The number of aliphatic hydroxyl groups is 1. The Morgan fingerprint density at radius 1 is 0.683 bits per heavy atom. The van der Waals surface area contributed by atoms with Crippen LogP contribution < -0.4 is 0 Å². The van der Waals surface area contributed by atoms with Crippen molar-refractivity contribution in [1.82, 2.24) is 4.90 Å². The lowest BCUT2D eigenvalue weighted by Crippen LogP contribution is -2.67. The maximum absolute atomic E-state index is 14.3. The van der Waals surface area contributed by atoms with Gasteiger partial charge >= 0.3 is 5.97 Å². The molecule has 3 aliphatic heterocycles. The van der Waals surface area contributed by atoms with Gasteiger partial charge in [0.1, 0.15) is 49.2 Å². The van der Waals surface area contributed by atoms with Gasteiger partial charge in [0.2, 0.25) is 0 Å². The van der Waals surface area contributed by atoms with Crippen LogP contribution in [0.4, 0.5) is 0 Å². The van der Waals surface area contributed by atoms with Crippen molar-refractivity contribution in [2.45, 2.75) is 88.0 Å². The lowest BCUT2D eigenvalue weighted by Gasteiger charge is -2.49. The first-order valence-corrected chi connectivity index (χ1v) is 19.5. The van der Waals surface area contributed by atoms with Crippen LogP contribution in [0.2, 0.25) is 0 Å². The number of carbonyl (C=O) groups excluding carboxylic acids is 3. The molecule has 7 rings (SSSR count). The Morgan fingerprint density at radius 3 is 1.65 bits per heavy atom. The summed E-state index contributed by atoms with van der Waals surface area (Å²) < 4.78 is 50.0. The first kappa shape index (κ1) is 42.6. The molecular formula is C44H46N4O12. The molecule has 2 amide bonds. The summed E-state index contributed by atoms with van der Waals surface area (Å²) >= 11 is 0. The molecule has 4 aromatic carbocycles. The van der Waals surface area contributed by atoms with Crippen molar-refractivity contribution in [3.8, 4) is 0 Å². The van der Waals surface area contributed by atoms with Crippen LogP contribution in [0.5, 0.6) is 0 Å². The highest BCUT2D eigenvalue weighted by molar-refractivity contribution is 6.21. The van der Waals surface area contributed by atoms with Crippen molar-refractivity contribution in [3.63, 3.8) is 0 Å². The second-order valence-corrected chi connectivity index (χ2v) is 14.4. The van der Waals surface area contributed by atoms with Crippen molar-refractivity contribution in [1.29, 1.82) is 0 Å². The molecule has 3 aliphatic rings. The third-order valence-electron chi connectivity index (χ3n) is 10.5. The number of rotatable bonds is 17. The molecule has 60 heavy (non-hydrogen) atoms. The Labute approximate surface area is 346 Å². The quantitative estimate of drug-likeness (QED) is 0.0486. The highest BCUT2D eigenvalue weighted by Crippen LogP contribution is 2.37. The van der Waals surface area contributed by atoms with Crippen molar-refractivity contribution >= 4 is 17.8 Å². The average molecular weight is 823 g/mol. The van der Waals surface area contributed by atoms with Gasteiger partial charge < -0.3 is 43.0 Å². The lowest BCUT2D eigenvalue weighted by atomic mass is 9.94. The zero-order valence-electron chi connectivity index (χ0n) is 33.0. The molecule has 3 heterocycles. The number of imide groups is 1. The monoisotopic (exact) mass is 822 g/mol. The molecule has 4 aromatic rings. The van der Waals surface area contributed by atoms with Gasteiger partial charge in [0, 0.05) is 18.9 Å². The van der Waals surface area contributed by atoms with Crippen LogP contribution in [-0.4, -0.2) is 109 Å². The van der Waals surface area contributed by atoms with Crippen molar-refractivity contribution in [2.75, 3.05) is 20.3 Å². The van der Waals surface area contributed by atoms with Gasteiger partial charge in [-0.1, -0.05) is 108 Å². The maximum atomic E-state index is 14.3. The van der Waals surface area contributed by atoms with Gasteiger partial charge in [-0.05, 0) is 34.4 Å². The summed E-state index contributed by atoms with van der Waals surface area (Å²) in [5, 5.41) is 15.3. The van der Waals surface area contributed by atoms with Gasteiger partial charge in [-0.3, -0.25) is 19.3 Å². The molecular weight excluding hydrogens is 776 g/mol. The second-order valence-electron chi connectivity index (χ2n) is 14.4. The largest absolute Gasteiger partial charge is 0.463 e. The van der Waals surface area contributed by atoms with Crippen molar-refractivity contribution in [2.24, 2.45) is 5.11 Å². The van der Waals surface area contributed by atoms with E-state index in [2.05, 4.69) is 10.0 Å². The number of aliphatic hydroxyl groups excluding tert-OH is 1. The number of benzene rings is 4. The highest BCUT2D eigenvalue weighted by Gasteiger charge is 2.56. The van der Waals surface area contributed by atoms with Crippen LogP contribution >= 0.6 is 0 Å². The van der Waals surface area contributed by atoms with E-state index in [0.717, 1.165) is 21.6 Å². The molecule has 0 bridgehead atoms. The molecule has 0 spiro atoms. The van der Waals surface area contributed by atoms with Crippen LogP contribution in [0.3, 0.4) is 0 Å². The minimum atomic E-state index is -1.45. The molecule has 16 nitrogen and oxygen atoms in total. The van der Waals surface area contributed by atoms with E-state index in [1.54, 1.807) is 24.3 Å². The summed E-state index contributed by atoms with van der Waals surface area (Å²) in [6, 6.07) is 31.9. The molecule has 10 atom stereocenters. The standard InChI is InChI=1S/C44H46N4O12/c1-27(49)54-25-34-39(56-23-29-16-8-4-9-17-29)40(57-24-30-18-10-5-11-19-30)36(48-41(51)31-20-12-13-21-32(31)42(48)52)44(60-34)58-26-33-38(55-22-28-14-6-3-7-15-28)37(50)35(46-47-45)43(53-2)59-33/h3-21,33-40,43-44,50H,22-26H2,1-2H3/t33-,34-,35-,36-,37-,38+,39-,40-,43-,44-/m1/s1. The minimum absolute atomic E-state index is 0.0347. The zero-order chi connectivity index (χ0) is 42.0. The van der Waals surface area contributed by atoms with Crippen LogP contribution in [-0.2, 0) is 62.5 Å². The predicted molar refractivity (Wildman–Crippen MR) is 212 cm³/mol. The molecule has 2 fully saturated rings. The third-order valence-corrected chi connectivity index (χ3v) is 10.5. The number of hydrogen-bond acceptors (Lipinski definition) is 13. The molecule has 0 saturated carbocycles. The topological polar surface area (TPSA) is 197 Å². The molecule has 0 aliphatic carbocycles. The van der Waals surface area contributed by atoms with Crippen LogP contribution in [0.1, 0.15) is 44.3 Å². The number of fused-ring (bicyclic) bond motifs is 1. The number of carbonyl (C=O) groups is 3. The summed E-state index contributed by atoms with van der Waals surface area (Å²) in [6.07, 6.45) is -9.46. The Morgan fingerprint density at radius 2 is 1.15 bits per heavy atom. The number of ether oxygens (including phenoxy) is 8. The summed E-state index contributed by atoms with van der Waals surface area (Å²) in [7, 11) is 1.34. The van der Waals surface area contributed by atoms with E-state index in [-0.39, 0.29) is 44.2 Å². The SMILES string of the molecule is CO[C@@H]1O[C@H](CO[C@@H]2O[C@H](COC(C)=O)[C@@H](OCc3ccccc3)[C@H](OCc3ccccc3)[C@H]2N2C(=O)c3ccccc3C2=O)[C@H](OCc2ccccc2)[C@H](O)[C@H]1N=[N+]=[N-]. The number of amides is 2. The highest BCUT2D eigenvalue weighted by atomic mass is 16.7. The number of azide groups is 1. The summed E-state index contributed by atoms with van der Waals surface area (Å²) in [4.78, 5) is 44.9. The second kappa shape index (κ2) is 20.2. The fourth-order valence-corrected chi connectivity index (χ4v) is 7.62. The zero-order valence-corrected chi connectivity index (χ0v) is 33.0.